The average Bonchev–Trinajstić information content (AvgIpc) is 2.99. The predicted octanol–water partition coefficient (Wildman–Crippen LogP) is 3.09. The molecule has 2 amide bonds. The van der Waals surface area contributed by atoms with Crippen molar-refractivity contribution in [3.63, 3.8) is 0 Å². The first-order valence-electron chi connectivity index (χ1n) is 9.93. The van der Waals surface area contributed by atoms with Crippen LogP contribution < -0.4 is 0 Å². The van der Waals surface area contributed by atoms with Gasteiger partial charge in [0.25, 0.3) is 11.8 Å². The summed E-state index contributed by atoms with van der Waals surface area (Å²) in [6, 6.07) is 17.1. The molecule has 0 saturated carbocycles. The second-order valence-corrected chi connectivity index (χ2v) is 7.95. The van der Waals surface area contributed by atoms with Crippen LogP contribution in [-0.2, 0) is 6.54 Å². The molecule has 2 aromatic carbocycles. The van der Waals surface area contributed by atoms with Crippen molar-refractivity contribution in [2.75, 3.05) is 7.05 Å². The van der Waals surface area contributed by atoms with Gasteiger partial charge in [-0.25, -0.2) is 0 Å². The smallest absolute Gasteiger partial charge is 0.254 e. The fourth-order valence-corrected chi connectivity index (χ4v) is 4.53. The summed E-state index contributed by atoms with van der Waals surface area (Å²) in [6.45, 7) is 0.489. The first-order chi connectivity index (χ1) is 13.5. The van der Waals surface area contributed by atoms with Gasteiger partial charge in [0.1, 0.15) is 0 Å². The van der Waals surface area contributed by atoms with Crippen LogP contribution >= 0.6 is 0 Å². The number of aliphatic hydroxyl groups is 1. The van der Waals surface area contributed by atoms with Crippen LogP contribution in [0, 0.1) is 0 Å². The molecule has 0 aromatic heterocycles. The predicted molar refractivity (Wildman–Crippen MR) is 107 cm³/mol. The van der Waals surface area contributed by atoms with Crippen LogP contribution in [0.4, 0.5) is 0 Å². The highest BCUT2D eigenvalue weighted by molar-refractivity contribution is 5.95. The largest absolute Gasteiger partial charge is 0.393 e. The second kappa shape index (κ2) is 7.76. The lowest BCUT2D eigenvalue weighted by Gasteiger charge is -2.37. The van der Waals surface area contributed by atoms with E-state index >= 15 is 0 Å². The summed E-state index contributed by atoms with van der Waals surface area (Å²) in [7, 11) is 1.78. The van der Waals surface area contributed by atoms with E-state index < -0.39 is 0 Å². The van der Waals surface area contributed by atoms with E-state index in [-0.39, 0.29) is 30.0 Å². The molecule has 4 rings (SSSR count). The van der Waals surface area contributed by atoms with E-state index in [1.165, 1.54) is 0 Å². The molecule has 2 aliphatic rings. The third kappa shape index (κ3) is 3.67. The molecule has 2 heterocycles. The van der Waals surface area contributed by atoms with Crippen molar-refractivity contribution in [1.29, 1.82) is 0 Å². The zero-order chi connectivity index (χ0) is 19.7. The summed E-state index contributed by atoms with van der Waals surface area (Å²) in [6.07, 6.45) is 3.07. The number of amides is 2. The molecule has 2 aliphatic heterocycles. The molecule has 5 heteroatoms. The Hall–Kier alpha value is -2.66. The van der Waals surface area contributed by atoms with Crippen LogP contribution in [-0.4, -0.2) is 52.0 Å². The number of hydrogen-bond acceptors (Lipinski definition) is 3. The third-order valence-corrected chi connectivity index (χ3v) is 5.93. The van der Waals surface area contributed by atoms with Crippen LogP contribution in [0.2, 0.25) is 0 Å². The molecular weight excluding hydrogens is 352 g/mol. The van der Waals surface area contributed by atoms with Crippen molar-refractivity contribution in [2.24, 2.45) is 0 Å². The van der Waals surface area contributed by atoms with Crippen molar-refractivity contribution in [3.05, 3.63) is 71.3 Å². The Bertz CT molecular complexity index is 836. The molecule has 28 heavy (non-hydrogen) atoms. The van der Waals surface area contributed by atoms with Gasteiger partial charge in [0.05, 0.1) is 6.10 Å². The number of benzene rings is 2. The molecule has 0 spiro atoms. The molecular formula is C23H26N2O3. The minimum Gasteiger partial charge on any atom is -0.393 e. The summed E-state index contributed by atoms with van der Waals surface area (Å²) in [4.78, 5) is 29.1. The van der Waals surface area contributed by atoms with Crippen molar-refractivity contribution in [2.45, 2.75) is 50.4 Å². The van der Waals surface area contributed by atoms with E-state index in [2.05, 4.69) is 0 Å². The minimum atomic E-state index is -0.276. The Labute approximate surface area is 165 Å². The monoisotopic (exact) mass is 378 g/mol. The Morgan fingerprint density at radius 2 is 1.57 bits per heavy atom. The summed E-state index contributed by atoms with van der Waals surface area (Å²) in [5, 5.41) is 9.94. The lowest BCUT2D eigenvalue weighted by molar-refractivity contribution is 0.0286. The number of aliphatic hydroxyl groups excluding tert-OH is 1. The molecule has 0 radical (unpaired) electrons. The van der Waals surface area contributed by atoms with Gasteiger partial charge in [-0.3, -0.25) is 9.59 Å². The molecule has 2 bridgehead atoms. The normalized spacial score (nSPS) is 23.5. The maximum atomic E-state index is 13.0. The molecule has 1 N–H and O–H groups in total. The van der Waals surface area contributed by atoms with E-state index in [0.717, 1.165) is 18.4 Å². The summed E-state index contributed by atoms with van der Waals surface area (Å²) >= 11 is 0. The van der Waals surface area contributed by atoms with Crippen LogP contribution in [0.25, 0.3) is 0 Å². The van der Waals surface area contributed by atoms with Gasteiger partial charge in [-0.2, -0.15) is 0 Å². The van der Waals surface area contributed by atoms with E-state index in [4.69, 9.17) is 0 Å². The maximum Gasteiger partial charge on any atom is 0.254 e. The van der Waals surface area contributed by atoms with Crippen molar-refractivity contribution in [3.8, 4) is 0 Å². The molecule has 2 unspecified atom stereocenters. The number of nitrogens with zero attached hydrogens (tertiary/aromatic N) is 2. The maximum absolute atomic E-state index is 13.0. The molecule has 146 valence electrons. The van der Waals surface area contributed by atoms with Crippen LogP contribution in [0.1, 0.15) is 52.0 Å². The molecule has 2 fully saturated rings. The zero-order valence-corrected chi connectivity index (χ0v) is 16.1. The third-order valence-electron chi connectivity index (χ3n) is 5.93. The lowest BCUT2D eigenvalue weighted by Crippen LogP contribution is -2.48. The van der Waals surface area contributed by atoms with Crippen molar-refractivity contribution in [1.82, 2.24) is 9.80 Å². The van der Waals surface area contributed by atoms with Gasteiger partial charge < -0.3 is 14.9 Å². The summed E-state index contributed by atoms with van der Waals surface area (Å²) < 4.78 is 0. The van der Waals surface area contributed by atoms with Gasteiger partial charge in [0, 0.05) is 36.8 Å². The lowest BCUT2D eigenvalue weighted by atomic mass is 9.98. The Morgan fingerprint density at radius 1 is 0.964 bits per heavy atom. The van der Waals surface area contributed by atoms with Gasteiger partial charge in [-0.15, -0.1) is 0 Å². The first kappa shape index (κ1) is 18.7. The molecule has 2 atom stereocenters. The van der Waals surface area contributed by atoms with Gasteiger partial charge >= 0.3 is 0 Å². The highest BCUT2D eigenvalue weighted by Crippen LogP contribution is 2.36. The van der Waals surface area contributed by atoms with Crippen LogP contribution in [0.15, 0.2) is 54.6 Å². The van der Waals surface area contributed by atoms with E-state index in [0.29, 0.717) is 30.5 Å². The van der Waals surface area contributed by atoms with Crippen molar-refractivity contribution < 1.29 is 14.7 Å². The van der Waals surface area contributed by atoms with E-state index in [1.54, 1.807) is 11.9 Å². The Morgan fingerprint density at radius 3 is 2.18 bits per heavy atom. The number of piperidine rings is 1. The molecule has 5 nitrogen and oxygen atoms in total. The average molecular weight is 378 g/mol. The van der Waals surface area contributed by atoms with Crippen molar-refractivity contribution >= 4 is 11.8 Å². The summed E-state index contributed by atoms with van der Waals surface area (Å²) in [5.74, 6) is 0.0314. The number of hydrogen-bond donors (Lipinski definition) is 1. The Kier molecular flexibility index (Phi) is 5.18. The summed E-state index contributed by atoms with van der Waals surface area (Å²) in [5.41, 5.74) is 2.33. The molecule has 2 saturated heterocycles. The van der Waals surface area contributed by atoms with Crippen LogP contribution in [0.3, 0.4) is 0 Å². The standard InChI is InChI=1S/C23H26N2O3/c1-24(22(27)17-5-3-2-4-6-17)15-16-7-9-18(10-8-16)23(28)25-19-11-12-20(25)14-21(26)13-19/h2-10,19-21,26H,11-15H2,1H3. The van der Waals surface area contributed by atoms with Gasteiger partial charge in [-0.05, 0) is 55.5 Å². The second-order valence-electron chi connectivity index (χ2n) is 7.95. The molecule has 2 aromatic rings. The minimum absolute atomic E-state index is 0.0239. The van der Waals surface area contributed by atoms with E-state index in [1.807, 2.05) is 59.5 Å². The van der Waals surface area contributed by atoms with Gasteiger partial charge in [-0.1, -0.05) is 30.3 Å². The SMILES string of the molecule is CN(Cc1ccc(C(=O)N2C3CCC2CC(O)C3)cc1)C(=O)c1ccccc1. The first-order valence-corrected chi connectivity index (χ1v) is 9.93. The van der Waals surface area contributed by atoms with Crippen LogP contribution in [0.5, 0.6) is 0 Å². The van der Waals surface area contributed by atoms with E-state index in [9.17, 15) is 14.7 Å². The number of rotatable bonds is 4. The quantitative estimate of drug-likeness (QED) is 0.889. The Balaban J connectivity index is 1.41. The zero-order valence-electron chi connectivity index (χ0n) is 16.1. The number of carbonyl (C=O) groups is 2. The highest BCUT2D eigenvalue weighted by atomic mass is 16.3. The number of fused-ring (bicyclic) bond motifs is 2. The fraction of sp³-hybridized carbons (Fsp3) is 0.391. The molecule has 0 aliphatic carbocycles. The van der Waals surface area contributed by atoms with Gasteiger partial charge in [0.2, 0.25) is 0 Å². The number of carbonyl (C=O) groups excluding carboxylic acids is 2. The topological polar surface area (TPSA) is 60.9 Å². The fourth-order valence-electron chi connectivity index (χ4n) is 4.53. The highest BCUT2D eigenvalue weighted by Gasteiger charge is 2.42. The van der Waals surface area contributed by atoms with Gasteiger partial charge in [0.15, 0.2) is 0 Å².